The first-order valence-electron chi connectivity index (χ1n) is 12.6. The molecule has 0 radical (unpaired) electrons. The van der Waals surface area contributed by atoms with Gasteiger partial charge < -0.3 is 19.7 Å². The quantitative estimate of drug-likeness (QED) is 0.178. The van der Waals surface area contributed by atoms with Crippen molar-refractivity contribution < 1.29 is 23.8 Å². The molecule has 1 aliphatic heterocycles. The van der Waals surface area contributed by atoms with E-state index in [1.165, 1.54) is 29.2 Å². The Balaban J connectivity index is 1.55. The predicted octanol–water partition coefficient (Wildman–Crippen LogP) is 6.10. The van der Waals surface area contributed by atoms with E-state index >= 15 is 0 Å². The highest BCUT2D eigenvalue weighted by Crippen LogP contribution is 2.40. The number of nitrogens with zero attached hydrogens (tertiary/aromatic N) is 1. The van der Waals surface area contributed by atoms with E-state index in [0.29, 0.717) is 12.3 Å². The van der Waals surface area contributed by atoms with Crippen molar-refractivity contribution in [1.29, 1.82) is 0 Å². The van der Waals surface area contributed by atoms with Crippen molar-refractivity contribution in [1.82, 2.24) is 9.88 Å². The molecule has 1 aliphatic rings. The number of ether oxygens (including phenoxy) is 1. The Bertz CT molecular complexity index is 1530. The topological polar surface area (TPSA) is 82.6 Å². The van der Waals surface area contributed by atoms with E-state index in [-0.39, 0.29) is 23.4 Å². The lowest BCUT2D eigenvalue weighted by Gasteiger charge is -2.25. The largest absolute Gasteiger partial charge is 0.507 e. The molecule has 1 saturated heterocycles. The summed E-state index contributed by atoms with van der Waals surface area (Å²) in [5.41, 5.74) is 4.04. The first-order chi connectivity index (χ1) is 18.3. The number of aromatic nitrogens is 1. The van der Waals surface area contributed by atoms with Crippen molar-refractivity contribution >= 4 is 28.4 Å². The molecule has 0 aliphatic carbocycles. The second-order valence-electron chi connectivity index (χ2n) is 9.80. The Kier molecular flexibility index (Phi) is 6.76. The number of hydrogen-bond acceptors (Lipinski definition) is 4. The number of aromatic amines is 1. The zero-order valence-electron chi connectivity index (χ0n) is 21.5. The average Bonchev–Trinajstić information content (AvgIpc) is 3.44. The number of benzene rings is 3. The van der Waals surface area contributed by atoms with Crippen molar-refractivity contribution in [2.45, 2.75) is 32.2 Å². The number of carbonyl (C=O) groups excluding carboxylic acids is 2. The molecule has 1 aromatic heterocycles. The van der Waals surface area contributed by atoms with E-state index in [0.717, 1.165) is 33.3 Å². The van der Waals surface area contributed by atoms with Gasteiger partial charge in [-0.1, -0.05) is 38.1 Å². The highest BCUT2D eigenvalue weighted by atomic mass is 19.1. The number of nitrogens with one attached hydrogen (secondary N) is 1. The van der Waals surface area contributed by atoms with Gasteiger partial charge in [0.25, 0.3) is 11.7 Å². The first-order valence-corrected chi connectivity index (χ1v) is 12.6. The number of amides is 1. The third-order valence-electron chi connectivity index (χ3n) is 7.17. The number of aliphatic hydroxyl groups excluding tert-OH is 1. The van der Waals surface area contributed by atoms with Gasteiger partial charge in [0, 0.05) is 29.2 Å². The van der Waals surface area contributed by atoms with Crippen LogP contribution in [0.1, 0.15) is 48.1 Å². The van der Waals surface area contributed by atoms with Gasteiger partial charge in [-0.15, -0.1) is 0 Å². The van der Waals surface area contributed by atoms with Crippen molar-refractivity contribution in [3.8, 4) is 5.75 Å². The van der Waals surface area contributed by atoms with E-state index in [4.69, 9.17) is 4.74 Å². The van der Waals surface area contributed by atoms with E-state index in [2.05, 4.69) is 18.8 Å². The number of likely N-dealkylation sites (tertiary alicyclic amines) is 1. The van der Waals surface area contributed by atoms with Gasteiger partial charge in [-0.2, -0.15) is 0 Å². The summed E-state index contributed by atoms with van der Waals surface area (Å²) in [7, 11) is 1.61. The zero-order chi connectivity index (χ0) is 27.0. The summed E-state index contributed by atoms with van der Waals surface area (Å²) in [6.45, 7) is 4.43. The van der Waals surface area contributed by atoms with Crippen molar-refractivity contribution in [2.75, 3.05) is 13.7 Å². The summed E-state index contributed by atoms with van der Waals surface area (Å²) in [5, 5.41) is 12.2. The first kappa shape index (κ1) is 25.3. The standard InChI is InChI=1S/C31H29FN2O4/c1-18(2)19-4-6-20(7-5-19)28-27(29(35)21-8-10-23(32)11-9-21)30(36)31(37)34(28)15-14-22-17-33-26-13-12-24(38-3)16-25(22)26/h4-13,16-18,28,33,35H,14-15H2,1-3H3/b29-27-. The van der Waals surface area contributed by atoms with Gasteiger partial charge in [0.2, 0.25) is 0 Å². The molecule has 1 unspecified atom stereocenters. The van der Waals surface area contributed by atoms with Crippen molar-refractivity contribution in [2.24, 2.45) is 0 Å². The fourth-order valence-electron chi connectivity index (χ4n) is 5.02. The van der Waals surface area contributed by atoms with Crippen LogP contribution in [0.5, 0.6) is 5.75 Å². The molecule has 3 aromatic carbocycles. The molecule has 0 bridgehead atoms. The molecule has 7 heteroatoms. The smallest absolute Gasteiger partial charge is 0.295 e. The number of halogens is 1. The molecule has 0 spiro atoms. The van der Waals surface area contributed by atoms with Crippen LogP contribution in [0.15, 0.2) is 78.5 Å². The lowest BCUT2D eigenvalue weighted by molar-refractivity contribution is -0.139. The number of fused-ring (bicyclic) bond motifs is 1. The maximum Gasteiger partial charge on any atom is 0.295 e. The molecular formula is C31H29FN2O4. The molecule has 2 heterocycles. The Morgan fingerprint density at radius 1 is 1.05 bits per heavy atom. The van der Waals surface area contributed by atoms with Crippen LogP contribution in [0.25, 0.3) is 16.7 Å². The molecule has 2 N–H and O–H groups in total. The molecule has 0 saturated carbocycles. The molecule has 6 nitrogen and oxygen atoms in total. The minimum Gasteiger partial charge on any atom is -0.507 e. The van der Waals surface area contributed by atoms with Crippen LogP contribution in [0.2, 0.25) is 0 Å². The van der Waals surface area contributed by atoms with Gasteiger partial charge in [-0.25, -0.2) is 4.39 Å². The highest BCUT2D eigenvalue weighted by molar-refractivity contribution is 6.46. The van der Waals surface area contributed by atoms with Crippen molar-refractivity contribution in [3.05, 3.63) is 107 Å². The van der Waals surface area contributed by atoms with Crippen LogP contribution >= 0.6 is 0 Å². The minimum atomic E-state index is -0.777. The Morgan fingerprint density at radius 2 is 1.76 bits per heavy atom. The number of Topliss-reactive ketones (excluding diaryl/α,β-unsaturated/α-hetero) is 1. The summed E-state index contributed by atoms with van der Waals surface area (Å²) >= 11 is 0. The van der Waals surface area contributed by atoms with Gasteiger partial charge in [-0.05, 0) is 71.5 Å². The SMILES string of the molecule is COc1ccc2[nH]cc(CCN3C(=O)C(=O)/C(=C(\O)c4ccc(F)cc4)C3c3ccc(C(C)C)cc3)c2c1. The predicted molar refractivity (Wildman–Crippen MR) is 144 cm³/mol. The third kappa shape index (κ3) is 4.56. The summed E-state index contributed by atoms with van der Waals surface area (Å²) in [5.74, 6) is -1.18. The number of methoxy groups -OCH3 is 1. The van der Waals surface area contributed by atoms with Crippen LogP contribution in [-0.2, 0) is 16.0 Å². The van der Waals surface area contributed by atoms with Crippen LogP contribution in [0, 0.1) is 5.82 Å². The summed E-state index contributed by atoms with van der Waals surface area (Å²) in [6.07, 6.45) is 2.38. The van der Waals surface area contributed by atoms with E-state index in [9.17, 15) is 19.1 Å². The fraction of sp³-hybridized carbons (Fsp3) is 0.226. The molecule has 38 heavy (non-hydrogen) atoms. The second kappa shape index (κ2) is 10.2. The Hall–Kier alpha value is -4.39. The van der Waals surface area contributed by atoms with Crippen LogP contribution in [0.4, 0.5) is 4.39 Å². The monoisotopic (exact) mass is 512 g/mol. The number of carbonyl (C=O) groups is 2. The number of ketones is 1. The van der Waals surface area contributed by atoms with Crippen LogP contribution < -0.4 is 4.74 Å². The summed E-state index contributed by atoms with van der Waals surface area (Å²) < 4.78 is 18.9. The molecule has 194 valence electrons. The van der Waals surface area contributed by atoms with Gasteiger partial charge in [-0.3, -0.25) is 9.59 Å². The van der Waals surface area contributed by atoms with Crippen LogP contribution in [-0.4, -0.2) is 40.3 Å². The number of hydrogen-bond donors (Lipinski definition) is 2. The van der Waals surface area contributed by atoms with E-state index in [1.54, 1.807) is 7.11 Å². The Labute approximate surface area is 220 Å². The van der Waals surface area contributed by atoms with Gasteiger partial charge in [0.05, 0.1) is 18.7 Å². The molecule has 1 fully saturated rings. The third-order valence-corrected chi connectivity index (χ3v) is 7.17. The lowest BCUT2D eigenvalue weighted by Crippen LogP contribution is -2.31. The minimum absolute atomic E-state index is 0.000462. The lowest BCUT2D eigenvalue weighted by atomic mass is 9.93. The Morgan fingerprint density at radius 3 is 2.42 bits per heavy atom. The van der Waals surface area contributed by atoms with E-state index < -0.39 is 23.5 Å². The molecule has 1 atom stereocenters. The van der Waals surface area contributed by atoms with Crippen LogP contribution in [0.3, 0.4) is 0 Å². The molecule has 4 aromatic rings. The summed E-state index contributed by atoms with van der Waals surface area (Å²) in [6, 6.07) is 17.9. The summed E-state index contributed by atoms with van der Waals surface area (Å²) in [4.78, 5) is 31.4. The maximum atomic E-state index is 13.5. The average molecular weight is 513 g/mol. The molecule has 5 rings (SSSR count). The highest BCUT2D eigenvalue weighted by Gasteiger charge is 2.45. The van der Waals surface area contributed by atoms with Crippen molar-refractivity contribution in [3.63, 3.8) is 0 Å². The van der Waals surface area contributed by atoms with Gasteiger partial charge in [0.1, 0.15) is 17.3 Å². The number of H-pyrrole nitrogens is 1. The normalized spacial score (nSPS) is 17.1. The molecular weight excluding hydrogens is 483 g/mol. The van der Waals surface area contributed by atoms with E-state index in [1.807, 2.05) is 48.7 Å². The van der Waals surface area contributed by atoms with Gasteiger partial charge >= 0.3 is 0 Å². The fourth-order valence-corrected chi connectivity index (χ4v) is 5.02. The maximum absolute atomic E-state index is 13.5. The number of aliphatic hydroxyl groups is 1. The van der Waals surface area contributed by atoms with Gasteiger partial charge in [0.15, 0.2) is 0 Å². The second-order valence-corrected chi connectivity index (χ2v) is 9.80. The zero-order valence-corrected chi connectivity index (χ0v) is 21.5. The molecule has 1 amide bonds. The number of rotatable bonds is 7.